The third kappa shape index (κ3) is 4.52. The Morgan fingerprint density at radius 2 is 2.00 bits per heavy atom. The maximum atomic E-state index is 12.2. The van der Waals surface area contributed by atoms with Crippen LogP contribution in [-0.2, 0) is 9.59 Å². The van der Waals surface area contributed by atoms with Crippen LogP contribution < -0.4 is 20.3 Å². The van der Waals surface area contributed by atoms with Gasteiger partial charge in [-0.2, -0.15) is 0 Å². The van der Waals surface area contributed by atoms with Gasteiger partial charge in [-0.05, 0) is 49.2 Å². The molecule has 0 spiro atoms. The summed E-state index contributed by atoms with van der Waals surface area (Å²) in [7, 11) is 1.55. The molecule has 7 heteroatoms. The molecule has 1 heterocycles. The quantitative estimate of drug-likeness (QED) is 0.790. The highest BCUT2D eigenvalue weighted by atomic mass is 35.5. The average Bonchev–Trinajstić information content (AvgIpc) is 3.09. The molecule has 0 radical (unpaired) electrons. The number of hydrogen-bond acceptors (Lipinski definition) is 4. The number of nitrogens with one attached hydrogen (secondary N) is 2. The molecule has 0 aliphatic carbocycles. The van der Waals surface area contributed by atoms with Gasteiger partial charge in [0.15, 0.2) is 0 Å². The van der Waals surface area contributed by atoms with Gasteiger partial charge in [-0.25, -0.2) is 0 Å². The molecule has 2 N–H and O–H groups in total. The maximum absolute atomic E-state index is 12.2. The Morgan fingerprint density at radius 3 is 2.63 bits per heavy atom. The van der Waals surface area contributed by atoms with E-state index >= 15 is 0 Å². The van der Waals surface area contributed by atoms with E-state index in [9.17, 15) is 9.59 Å². The monoisotopic (exact) mass is 387 g/mol. The van der Waals surface area contributed by atoms with Crippen LogP contribution in [0.15, 0.2) is 36.4 Å². The van der Waals surface area contributed by atoms with E-state index in [0.29, 0.717) is 28.6 Å². The summed E-state index contributed by atoms with van der Waals surface area (Å²) < 4.78 is 5.29. The largest absolute Gasteiger partial charge is 0.495 e. The average molecular weight is 388 g/mol. The summed E-state index contributed by atoms with van der Waals surface area (Å²) in [6, 6.07) is 10.8. The van der Waals surface area contributed by atoms with Crippen LogP contribution in [0.5, 0.6) is 5.75 Å². The van der Waals surface area contributed by atoms with E-state index in [0.717, 1.165) is 24.2 Å². The summed E-state index contributed by atoms with van der Waals surface area (Å²) in [6.45, 7) is 2.72. The number of benzene rings is 2. The summed E-state index contributed by atoms with van der Waals surface area (Å²) >= 11 is 6.09. The van der Waals surface area contributed by atoms with Gasteiger partial charge < -0.3 is 20.3 Å². The molecule has 0 atom stereocenters. The molecule has 1 aliphatic rings. The Balaban J connectivity index is 1.58. The first-order valence-corrected chi connectivity index (χ1v) is 9.14. The minimum Gasteiger partial charge on any atom is -0.495 e. The van der Waals surface area contributed by atoms with Gasteiger partial charge in [0.25, 0.3) is 0 Å². The van der Waals surface area contributed by atoms with E-state index in [-0.39, 0.29) is 18.4 Å². The molecule has 6 nitrogen and oxygen atoms in total. The van der Waals surface area contributed by atoms with Crippen molar-refractivity contribution in [2.75, 3.05) is 35.7 Å². The Labute approximate surface area is 163 Å². The van der Waals surface area contributed by atoms with Gasteiger partial charge in [0.05, 0.1) is 19.3 Å². The highest BCUT2D eigenvalue weighted by Gasteiger charge is 2.21. The van der Waals surface area contributed by atoms with Crippen molar-refractivity contribution in [3.05, 3.63) is 47.0 Å². The molecule has 1 aliphatic heterocycles. The number of nitrogens with zero attached hydrogens (tertiary/aromatic N) is 1. The van der Waals surface area contributed by atoms with Crippen molar-refractivity contribution in [3.63, 3.8) is 0 Å². The summed E-state index contributed by atoms with van der Waals surface area (Å²) in [5.74, 6) is 0.538. The number of rotatable bonds is 6. The van der Waals surface area contributed by atoms with Gasteiger partial charge in [0.2, 0.25) is 11.8 Å². The van der Waals surface area contributed by atoms with Gasteiger partial charge in [0.1, 0.15) is 5.75 Å². The lowest BCUT2D eigenvalue weighted by Crippen LogP contribution is -2.24. The van der Waals surface area contributed by atoms with Crippen LogP contribution in [0.3, 0.4) is 0 Å². The van der Waals surface area contributed by atoms with Crippen LogP contribution in [0.25, 0.3) is 0 Å². The Bertz CT molecular complexity index is 852. The van der Waals surface area contributed by atoms with Crippen molar-refractivity contribution in [2.45, 2.75) is 19.8 Å². The molecular weight excluding hydrogens is 366 g/mol. The second-order valence-corrected chi connectivity index (χ2v) is 6.81. The molecule has 0 saturated carbocycles. The van der Waals surface area contributed by atoms with E-state index < -0.39 is 0 Å². The fourth-order valence-corrected chi connectivity index (χ4v) is 3.15. The van der Waals surface area contributed by atoms with E-state index in [1.807, 2.05) is 25.1 Å². The van der Waals surface area contributed by atoms with Crippen molar-refractivity contribution >= 4 is 40.5 Å². The number of ether oxygens (including phenoxy) is 1. The summed E-state index contributed by atoms with van der Waals surface area (Å²) in [6.07, 6.45) is 1.48. The van der Waals surface area contributed by atoms with Crippen LogP contribution in [0, 0.1) is 6.92 Å². The molecule has 142 valence electrons. The summed E-state index contributed by atoms with van der Waals surface area (Å²) in [5.41, 5.74) is 3.14. The molecule has 2 aromatic rings. The SMILES string of the molecule is COc1cc(Cl)c(C)cc1NCC(=O)Nc1ccc(N2CCCC2=O)cc1. The van der Waals surface area contributed by atoms with Gasteiger partial charge in [-0.15, -0.1) is 0 Å². The molecule has 1 fully saturated rings. The second kappa shape index (κ2) is 8.31. The number of carbonyl (C=O) groups excluding carboxylic acids is 2. The van der Waals surface area contributed by atoms with E-state index in [4.69, 9.17) is 16.3 Å². The van der Waals surface area contributed by atoms with Crippen molar-refractivity contribution < 1.29 is 14.3 Å². The topological polar surface area (TPSA) is 70.7 Å². The van der Waals surface area contributed by atoms with E-state index in [1.165, 1.54) is 0 Å². The van der Waals surface area contributed by atoms with Crippen LogP contribution >= 0.6 is 11.6 Å². The van der Waals surface area contributed by atoms with Gasteiger partial charge >= 0.3 is 0 Å². The lowest BCUT2D eigenvalue weighted by atomic mass is 10.2. The van der Waals surface area contributed by atoms with Gasteiger partial charge in [-0.1, -0.05) is 11.6 Å². The second-order valence-electron chi connectivity index (χ2n) is 6.40. The zero-order chi connectivity index (χ0) is 19.4. The lowest BCUT2D eigenvalue weighted by Gasteiger charge is -2.16. The fourth-order valence-electron chi connectivity index (χ4n) is 3.00. The molecule has 0 unspecified atom stereocenters. The first kappa shape index (κ1) is 19.0. The Morgan fingerprint density at radius 1 is 1.26 bits per heavy atom. The number of hydrogen-bond donors (Lipinski definition) is 2. The van der Waals surface area contributed by atoms with Crippen molar-refractivity contribution in [1.82, 2.24) is 0 Å². The number of methoxy groups -OCH3 is 1. The number of anilines is 3. The van der Waals surface area contributed by atoms with Gasteiger partial charge in [0, 0.05) is 35.4 Å². The zero-order valence-corrected chi connectivity index (χ0v) is 16.1. The van der Waals surface area contributed by atoms with E-state index in [1.54, 1.807) is 30.2 Å². The Hall–Kier alpha value is -2.73. The third-order valence-electron chi connectivity index (χ3n) is 4.46. The minimum atomic E-state index is -0.186. The van der Waals surface area contributed by atoms with Crippen molar-refractivity contribution in [1.29, 1.82) is 0 Å². The molecule has 1 saturated heterocycles. The van der Waals surface area contributed by atoms with Crippen LogP contribution in [0.1, 0.15) is 18.4 Å². The number of amides is 2. The molecule has 0 bridgehead atoms. The highest BCUT2D eigenvalue weighted by Crippen LogP contribution is 2.30. The molecule has 0 aromatic heterocycles. The summed E-state index contributed by atoms with van der Waals surface area (Å²) in [5, 5.41) is 6.51. The predicted octanol–water partition coefficient (Wildman–Crippen LogP) is 3.83. The van der Waals surface area contributed by atoms with Crippen LogP contribution in [-0.4, -0.2) is 32.0 Å². The normalized spacial score (nSPS) is 13.6. The van der Waals surface area contributed by atoms with Crippen LogP contribution in [0.2, 0.25) is 5.02 Å². The maximum Gasteiger partial charge on any atom is 0.243 e. The third-order valence-corrected chi connectivity index (χ3v) is 4.86. The van der Waals surface area contributed by atoms with Crippen molar-refractivity contribution in [3.8, 4) is 5.75 Å². The number of carbonyl (C=O) groups is 2. The zero-order valence-electron chi connectivity index (χ0n) is 15.3. The number of aryl methyl sites for hydroxylation is 1. The van der Waals surface area contributed by atoms with Crippen LogP contribution in [0.4, 0.5) is 17.1 Å². The summed E-state index contributed by atoms with van der Waals surface area (Å²) in [4.78, 5) is 25.8. The standard InChI is InChI=1S/C20H22ClN3O3/c1-13-10-17(18(27-2)11-16(13)21)22-12-19(25)23-14-5-7-15(8-6-14)24-9-3-4-20(24)26/h5-8,10-11,22H,3-4,9,12H2,1-2H3,(H,23,25). The molecule has 2 aromatic carbocycles. The molecule has 27 heavy (non-hydrogen) atoms. The van der Waals surface area contributed by atoms with E-state index in [2.05, 4.69) is 10.6 Å². The predicted molar refractivity (Wildman–Crippen MR) is 108 cm³/mol. The fraction of sp³-hybridized carbons (Fsp3) is 0.300. The minimum absolute atomic E-state index is 0.0871. The molecule has 3 rings (SSSR count). The molecule has 2 amide bonds. The smallest absolute Gasteiger partial charge is 0.243 e. The van der Waals surface area contributed by atoms with Gasteiger partial charge in [-0.3, -0.25) is 9.59 Å². The first-order chi connectivity index (χ1) is 13.0. The lowest BCUT2D eigenvalue weighted by molar-refractivity contribution is -0.117. The number of halogens is 1. The first-order valence-electron chi connectivity index (χ1n) is 8.76. The Kier molecular flexibility index (Phi) is 5.86. The molecular formula is C20H22ClN3O3. The van der Waals surface area contributed by atoms with Crippen molar-refractivity contribution in [2.24, 2.45) is 0 Å². The highest BCUT2D eigenvalue weighted by molar-refractivity contribution is 6.31.